The molecule has 126 valence electrons. The van der Waals surface area contributed by atoms with Gasteiger partial charge in [-0.15, -0.1) is 0 Å². The van der Waals surface area contributed by atoms with Crippen molar-refractivity contribution in [3.8, 4) is 17.2 Å². The highest BCUT2D eigenvalue weighted by molar-refractivity contribution is 7.92. The first-order chi connectivity index (χ1) is 11.9. The molecule has 0 unspecified atom stereocenters. The van der Waals surface area contributed by atoms with Gasteiger partial charge in [-0.25, -0.2) is 8.42 Å². The molecule has 0 aliphatic rings. The van der Waals surface area contributed by atoms with Gasteiger partial charge < -0.3 is 4.52 Å². The summed E-state index contributed by atoms with van der Waals surface area (Å²) in [5.74, 6) is 0.703. The molecule has 0 radical (unpaired) electrons. The summed E-state index contributed by atoms with van der Waals surface area (Å²) in [7, 11) is -3.84. The normalized spacial score (nSPS) is 11.1. The second-order valence-corrected chi connectivity index (χ2v) is 7.14. The molecule has 25 heavy (non-hydrogen) atoms. The van der Waals surface area contributed by atoms with Gasteiger partial charge in [-0.3, -0.25) is 4.72 Å². The van der Waals surface area contributed by atoms with E-state index in [0.29, 0.717) is 11.4 Å². The van der Waals surface area contributed by atoms with Gasteiger partial charge in [0.2, 0.25) is 0 Å². The molecule has 3 rings (SSSR count). The van der Waals surface area contributed by atoms with E-state index >= 15 is 0 Å². The topological polar surface area (TPSA) is 96.0 Å². The Hall–Kier alpha value is -3.11. The van der Waals surface area contributed by atoms with Crippen LogP contribution < -0.4 is 4.72 Å². The average molecular weight is 353 g/mol. The maximum atomic E-state index is 12.5. The highest BCUT2D eigenvalue weighted by atomic mass is 32.2. The van der Waals surface area contributed by atoms with Crippen molar-refractivity contribution < 1.29 is 12.9 Å². The maximum Gasteiger partial charge on any atom is 0.263 e. The minimum absolute atomic E-state index is 0.0488. The number of rotatable bonds is 4. The second-order valence-electron chi connectivity index (χ2n) is 5.49. The van der Waals surface area contributed by atoms with Crippen LogP contribution >= 0.6 is 0 Å². The molecule has 0 aliphatic heterocycles. The average Bonchev–Trinajstić information content (AvgIpc) is 2.94. The van der Waals surface area contributed by atoms with Crippen LogP contribution in [0.2, 0.25) is 0 Å². The van der Waals surface area contributed by atoms with Gasteiger partial charge in [0, 0.05) is 11.3 Å². The second kappa shape index (κ2) is 6.42. The van der Waals surface area contributed by atoms with Gasteiger partial charge in [-0.05, 0) is 43.7 Å². The number of aryl methyl sites for hydroxylation is 2. The summed E-state index contributed by atoms with van der Waals surface area (Å²) in [4.78, 5) is -0.0488. The number of sulfonamides is 1. The number of hydrogen-bond acceptors (Lipinski definition) is 5. The molecule has 0 spiro atoms. The number of anilines is 1. The van der Waals surface area contributed by atoms with E-state index in [-0.39, 0.29) is 10.5 Å². The Morgan fingerprint density at radius 3 is 2.36 bits per heavy atom. The maximum absolute atomic E-state index is 12.5. The van der Waals surface area contributed by atoms with Crippen LogP contribution in [0.15, 0.2) is 57.9 Å². The molecule has 1 aromatic heterocycles. The molecule has 1 N–H and O–H groups in total. The van der Waals surface area contributed by atoms with Crippen LogP contribution in [0.4, 0.5) is 5.69 Å². The molecule has 2 aromatic carbocycles. The first kappa shape index (κ1) is 16.7. The molecule has 1 heterocycles. The third kappa shape index (κ3) is 3.25. The molecule has 7 heteroatoms. The van der Waals surface area contributed by atoms with E-state index in [1.165, 1.54) is 12.1 Å². The van der Waals surface area contributed by atoms with Crippen LogP contribution in [-0.2, 0) is 10.0 Å². The summed E-state index contributed by atoms with van der Waals surface area (Å²) < 4.78 is 32.7. The fourth-order valence-electron chi connectivity index (χ4n) is 2.60. The van der Waals surface area contributed by atoms with Crippen LogP contribution in [0.5, 0.6) is 0 Å². The van der Waals surface area contributed by atoms with Crippen molar-refractivity contribution in [3.05, 3.63) is 65.5 Å². The molecular formula is C18H15N3O3S. The number of nitrogens with zero attached hydrogens (tertiary/aromatic N) is 2. The Kier molecular flexibility index (Phi) is 4.30. The lowest BCUT2D eigenvalue weighted by Crippen LogP contribution is -2.14. The fraction of sp³-hybridized carbons (Fsp3) is 0.111. The largest absolute Gasteiger partial charge is 0.361 e. The van der Waals surface area contributed by atoms with Gasteiger partial charge in [0.15, 0.2) is 0 Å². The summed E-state index contributed by atoms with van der Waals surface area (Å²) in [6, 6.07) is 14.9. The van der Waals surface area contributed by atoms with Gasteiger partial charge in [-0.1, -0.05) is 29.4 Å². The third-order valence-electron chi connectivity index (χ3n) is 3.76. The molecule has 3 aromatic rings. The van der Waals surface area contributed by atoms with E-state index in [0.717, 1.165) is 16.8 Å². The van der Waals surface area contributed by atoms with Crippen LogP contribution in [0, 0.1) is 25.2 Å². The minimum atomic E-state index is -3.84. The Bertz CT molecular complexity index is 1040. The first-order valence-electron chi connectivity index (χ1n) is 7.47. The van der Waals surface area contributed by atoms with Gasteiger partial charge in [0.25, 0.3) is 10.0 Å². The molecule has 0 amide bonds. The molecule has 0 saturated carbocycles. The molecule has 6 nitrogen and oxygen atoms in total. The van der Waals surface area contributed by atoms with Gasteiger partial charge >= 0.3 is 0 Å². The zero-order valence-electron chi connectivity index (χ0n) is 13.6. The monoisotopic (exact) mass is 353 g/mol. The van der Waals surface area contributed by atoms with E-state index in [1.54, 1.807) is 36.4 Å². The van der Waals surface area contributed by atoms with Crippen molar-refractivity contribution in [1.82, 2.24) is 5.16 Å². The first-order valence-corrected chi connectivity index (χ1v) is 8.96. The van der Waals surface area contributed by atoms with Gasteiger partial charge in [0.05, 0.1) is 11.3 Å². The van der Waals surface area contributed by atoms with Crippen LogP contribution in [0.3, 0.4) is 0 Å². The molecule has 0 aliphatic carbocycles. The van der Waals surface area contributed by atoms with Crippen LogP contribution in [-0.4, -0.2) is 13.6 Å². The van der Waals surface area contributed by atoms with E-state index < -0.39 is 10.0 Å². The predicted molar refractivity (Wildman–Crippen MR) is 93.4 cm³/mol. The van der Waals surface area contributed by atoms with Crippen molar-refractivity contribution in [2.75, 3.05) is 4.72 Å². The number of hydrogen-bond donors (Lipinski definition) is 1. The van der Waals surface area contributed by atoms with Crippen molar-refractivity contribution in [3.63, 3.8) is 0 Å². The summed E-state index contributed by atoms with van der Waals surface area (Å²) >= 11 is 0. The number of nitrogens with one attached hydrogen (secondary N) is 1. The van der Waals surface area contributed by atoms with Gasteiger partial charge in [-0.2, -0.15) is 5.26 Å². The number of nitriles is 1. The Balaban J connectivity index is 1.90. The van der Waals surface area contributed by atoms with Crippen molar-refractivity contribution in [2.45, 2.75) is 18.7 Å². The van der Waals surface area contributed by atoms with E-state index in [2.05, 4.69) is 9.88 Å². The summed E-state index contributed by atoms with van der Waals surface area (Å²) in [6.07, 6.45) is 0. The predicted octanol–water partition coefficient (Wildman–Crippen LogP) is 3.63. The van der Waals surface area contributed by atoms with E-state index in [1.807, 2.05) is 19.9 Å². The smallest absolute Gasteiger partial charge is 0.263 e. The fourth-order valence-corrected chi connectivity index (χ4v) is 3.82. The molecule has 0 bridgehead atoms. The lowest BCUT2D eigenvalue weighted by Gasteiger charge is -2.10. The number of benzene rings is 2. The van der Waals surface area contributed by atoms with Crippen molar-refractivity contribution in [1.29, 1.82) is 5.26 Å². The van der Waals surface area contributed by atoms with Crippen molar-refractivity contribution >= 4 is 15.7 Å². The Morgan fingerprint density at radius 1 is 1.08 bits per heavy atom. The van der Waals surface area contributed by atoms with Crippen molar-refractivity contribution in [2.24, 2.45) is 0 Å². The molecule has 0 atom stereocenters. The number of aromatic nitrogens is 1. The lowest BCUT2D eigenvalue weighted by atomic mass is 10.0. The molecule has 0 saturated heterocycles. The zero-order valence-corrected chi connectivity index (χ0v) is 14.5. The summed E-state index contributed by atoms with van der Waals surface area (Å²) in [6.45, 7) is 3.67. The Morgan fingerprint density at radius 2 is 1.76 bits per heavy atom. The third-order valence-corrected chi connectivity index (χ3v) is 5.20. The van der Waals surface area contributed by atoms with E-state index in [9.17, 15) is 8.42 Å². The quantitative estimate of drug-likeness (QED) is 0.772. The SMILES string of the molecule is Cc1noc(C)c1-c1ccc(NS(=O)(=O)c2ccccc2C#N)cc1. The molecule has 0 fully saturated rings. The zero-order chi connectivity index (χ0) is 18.0. The summed E-state index contributed by atoms with van der Waals surface area (Å²) in [5.41, 5.74) is 3.06. The minimum Gasteiger partial charge on any atom is -0.361 e. The highest BCUT2D eigenvalue weighted by Crippen LogP contribution is 2.28. The lowest BCUT2D eigenvalue weighted by molar-refractivity contribution is 0.393. The summed E-state index contributed by atoms with van der Waals surface area (Å²) in [5, 5.41) is 13.0. The van der Waals surface area contributed by atoms with Crippen LogP contribution in [0.1, 0.15) is 17.0 Å². The Labute approximate surface area is 145 Å². The molecular weight excluding hydrogens is 338 g/mol. The van der Waals surface area contributed by atoms with Gasteiger partial charge in [0.1, 0.15) is 16.7 Å². The standard InChI is InChI=1S/C18H15N3O3S/c1-12-18(13(2)24-20-12)14-7-9-16(10-8-14)21-25(22,23)17-6-4-3-5-15(17)11-19/h3-10,21H,1-2H3. The van der Waals surface area contributed by atoms with Crippen LogP contribution in [0.25, 0.3) is 11.1 Å². The van der Waals surface area contributed by atoms with E-state index in [4.69, 9.17) is 9.78 Å². The highest BCUT2D eigenvalue weighted by Gasteiger charge is 2.18.